The van der Waals surface area contributed by atoms with E-state index < -0.39 is 17.5 Å². The molecule has 3 N–H and O–H groups in total. The number of nitrogens with zero attached hydrogens (tertiary/aromatic N) is 1. The van der Waals surface area contributed by atoms with Gasteiger partial charge < -0.3 is 30.1 Å². The van der Waals surface area contributed by atoms with Gasteiger partial charge in [0.15, 0.2) is 5.54 Å². The van der Waals surface area contributed by atoms with E-state index in [0.29, 0.717) is 13.2 Å². The van der Waals surface area contributed by atoms with Crippen molar-refractivity contribution < 1.29 is 29.0 Å². The van der Waals surface area contributed by atoms with Gasteiger partial charge in [0.1, 0.15) is 6.54 Å². The molecule has 9 nitrogen and oxygen atoms in total. The molecule has 0 saturated carbocycles. The van der Waals surface area contributed by atoms with Crippen molar-refractivity contribution in [2.45, 2.75) is 12.0 Å². The minimum Gasteiger partial charge on any atom is -0.479 e. The molecule has 0 radical (unpaired) electrons. The standard InChI is InChI=1S/C12H21N3O6/c1-15(7-9(16)13-4-6-20-2)11(19)14-12(10(17)18)3-5-21-8-12/h3-8H2,1-2H3,(H,13,16)(H,14,19)(H,17,18). The summed E-state index contributed by atoms with van der Waals surface area (Å²) in [7, 11) is 2.93. The first-order valence-corrected chi connectivity index (χ1v) is 6.51. The second-order valence-corrected chi connectivity index (χ2v) is 4.82. The fourth-order valence-corrected chi connectivity index (χ4v) is 1.82. The number of carbonyl (C=O) groups excluding carboxylic acids is 2. The van der Waals surface area contributed by atoms with E-state index >= 15 is 0 Å². The molecule has 0 aromatic rings. The summed E-state index contributed by atoms with van der Waals surface area (Å²) in [6, 6.07) is -0.634. The molecule has 120 valence electrons. The van der Waals surface area contributed by atoms with Gasteiger partial charge in [-0.2, -0.15) is 0 Å². The topological polar surface area (TPSA) is 117 Å². The first kappa shape index (κ1) is 17.2. The molecule has 0 aliphatic carbocycles. The fourth-order valence-electron chi connectivity index (χ4n) is 1.82. The molecule has 1 aliphatic heterocycles. The molecule has 1 saturated heterocycles. The number of nitrogens with one attached hydrogen (secondary N) is 2. The molecule has 0 aromatic carbocycles. The van der Waals surface area contributed by atoms with E-state index in [-0.39, 0.29) is 32.1 Å². The highest BCUT2D eigenvalue weighted by atomic mass is 16.5. The number of methoxy groups -OCH3 is 1. The third kappa shape index (κ3) is 4.87. The Morgan fingerprint density at radius 2 is 2.14 bits per heavy atom. The summed E-state index contributed by atoms with van der Waals surface area (Å²) >= 11 is 0. The zero-order chi connectivity index (χ0) is 15.9. The van der Waals surface area contributed by atoms with Crippen LogP contribution in [0.1, 0.15) is 6.42 Å². The van der Waals surface area contributed by atoms with Gasteiger partial charge in [-0.3, -0.25) is 4.79 Å². The zero-order valence-electron chi connectivity index (χ0n) is 12.2. The second-order valence-electron chi connectivity index (χ2n) is 4.82. The van der Waals surface area contributed by atoms with Crippen molar-refractivity contribution >= 4 is 17.9 Å². The molecule has 1 atom stereocenters. The van der Waals surface area contributed by atoms with Crippen LogP contribution in [0.15, 0.2) is 0 Å². The molecule has 9 heteroatoms. The summed E-state index contributed by atoms with van der Waals surface area (Å²) in [4.78, 5) is 35.9. The number of carbonyl (C=O) groups is 3. The first-order valence-electron chi connectivity index (χ1n) is 6.51. The van der Waals surface area contributed by atoms with Gasteiger partial charge >= 0.3 is 12.0 Å². The monoisotopic (exact) mass is 303 g/mol. The van der Waals surface area contributed by atoms with E-state index in [0.717, 1.165) is 4.90 Å². The molecule has 1 unspecified atom stereocenters. The highest BCUT2D eigenvalue weighted by Gasteiger charge is 2.44. The van der Waals surface area contributed by atoms with E-state index in [1.807, 2.05) is 0 Å². The van der Waals surface area contributed by atoms with Crippen LogP contribution in [0, 0.1) is 0 Å². The van der Waals surface area contributed by atoms with Crippen molar-refractivity contribution in [3.63, 3.8) is 0 Å². The van der Waals surface area contributed by atoms with E-state index in [1.54, 1.807) is 0 Å². The van der Waals surface area contributed by atoms with Crippen LogP contribution in [0.5, 0.6) is 0 Å². The highest BCUT2D eigenvalue weighted by molar-refractivity contribution is 5.89. The number of carboxylic acid groups (broad SMARTS) is 1. The third-order valence-corrected chi connectivity index (χ3v) is 3.13. The van der Waals surface area contributed by atoms with Gasteiger partial charge in [0.05, 0.1) is 13.2 Å². The number of likely N-dealkylation sites (N-methyl/N-ethyl adjacent to an activating group) is 1. The van der Waals surface area contributed by atoms with Gasteiger partial charge in [-0.15, -0.1) is 0 Å². The first-order chi connectivity index (χ1) is 9.91. The zero-order valence-corrected chi connectivity index (χ0v) is 12.2. The molecule has 0 aromatic heterocycles. The Labute approximate surface area is 122 Å². The Hall–Kier alpha value is -1.87. The Morgan fingerprint density at radius 3 is 2.67 bits per heavy atom. The minimum atomic E-state index is -1.42. The summed E-state index contributed by atoms with van der Waals surface area (Å²) in [6.45, 7) is 0.737. The molecular weight excluding hydrogens is 282 g/mol. The van der Waals surface area contributed by atoms with Gasteiger partial charge in [0.25, 0.3) is 0 Å². The van der Waals surface area contributed by atoms with Crippen LogP contribution in [-0.2, 0) is 19.1 Å². The molecule has 3 amide bonds. The number of urea groups is 1. The minimum absolute atomic E-state index is 0.0814. The summed E-state index contributed by atoms with van der Waals surface area (Å²) in [5, 5.41) is 14.2. The van der Waals surface area contributed by atoms with E-state index in [1.165, 1.54) is 14.2 Å². The Morgan fingerprint density at radius 1 is 1.43 bits per heavy atom. The Balaban J connectivity index is 2.46. The maximum Gasteiger partial charge on any atom is 0.332 e. The van der Waals surface area contributed by atoms with Crippen molar-refractivity contribution in [1.29, 1.82) is 0 Å². The predicted octanol–water partition coefficient (Wildman–Crippen LogP) is -1.37. The molecule has 1 heterocycles. The quantitative estimate of drug-likeness (QED) is 0.500. The highest BCUT2D eigenvalue weighted by Crippen LogP contribution is 2.19. The van der Waals surface area contributed by atoms with Crippen LogP contribution in [0.4, 0.5) is 4.79 Å². The van der Waals surface area contributed by atoms with E-state index in [9.17, 15) is 19.5 Å². The SMILES string of the molecule is COCCNC(=O)CN(C)C(=O)NC1(C(=O)O)CCOC1. The lowest BCUT2D eigenvalue weighted by Gasteiger charge is -2.27. The van der Waals surface area contributed by atoms with Gasteiger partial charge in [0.2, 0.25) is 5.91 Å². The van der Waals surface area contributed by atoms with Gasteiger partial charge in [-0.25, -0.2) is 9.59 Å². The number of rotatable bonds is 7. The molecule has 0 spiro atoms. The van der Waals surface area contributed by atoms with Crippen LogP contribution in [0.25, 0.3) is 0 Å². The molecule has 0 bridgehead atoms. The molecule has 1 aliphatic rings. The van der Waals surface area contributed by atoms with Crippen LogP contribution in [0.3, 0.4) is 0 Å². The lowest BCUT2D eigenvalue weighted by Crippen LogP contribution is -2.58. The number of hydrogen-bond acceptors (Lipinski definition) is 5. The largest absolute Gasteiger partial charge is 0.479 e. The maximum atomic E-state index is 12.0. The maximum absolute atomic E-state index is 12.0. The number of carboxylic acids is 1. The summed E-state index contributed by atoms with van der Waals surface area (Å²) in [6.07, 6.45) is 0.196. The Bertz CT molecular complexity index is 394. The van der Waals surface area contributed by atoms with Crippen molar-refractivity contribution in [2.24, 2.45) is 0 Å². The van der Waals surface area contributed by atoms with Crippen molar-refractivity contribution in [2.75, 3.05) is 47.1 Å². The number of aliphatic carboxylic acids is 1. The third-order valence-electron chi connectivity index (χ3n) is 3.13. The lowest BCUT2D eigenvalue weighted by atomic mass is 9.99. The average molecular weight is 303 g/mol. The van der Waals surface area contributed by atoms with Crippen molar-refractivity contribution in [3.8, 4) is 0 Å². The molecule has 1 rings (SSSR count). The number of amides is 3. The van der Waals surface area contributed by atoms with Crippen molar-refractivity contribution in [1.82, 2.24) is 15.5 Å². The van der Waals surface area contributed by atoms with Crippen LogP contribution >= 0.6 is 0 Å². The number of hydrogen-bond donors (Lipinski definition) is 3. The second kappa shape index (κ2) is 7.79. The van der Waals surface area contributed by atoms with Gasteiger partial charge in [-0.1, -0.05) is 0 Å². The van der Waals surface area contributed by atoms with Crippen LogP contribution < -0.4 is 10.6 Å². The Kier molecular flexibility index (Phi) is 6.38. The summed E-state index contributed by atoms with van der Waals surface area (Å²) < 4.78 is 9.83. The van der Waals surface area contributed by atoms with Crippen LogP contribution in [-0.4, -0.2) is 80.5 Å². The molecule has 1 fully saturated rings. The van der Waals surface area contributed by atoms with E-state index in [4.69, 9.17) is 9.47 Å². The van der Waals surface area contributed by atoms with E-state index in [2.05, 4.69) is 10.6 Å². The summed E-state index contributed by atoms with van der Waals surface area (Å²) in [5.41, 5.74) is -1.42. The summed E-state index contributed by atoms with van der Waals surface area (Å²) in [5.74, 6) is -1.50. The predicted molar refractivity (Wildman–Crippen MR) is 71.9 cm³/mol. The average Bonchev–Trinajstić information content (AvgIpc) is 2.88. The van der Waals surface area contributed by atoms with Gasteiger partial charge in [-0.05, 0) is 0 Å². The normalized spacial score (nSPS) is 20.9. The van der Waals surface area contributed by atoms with Crippen LogP contribution in [0.2, 0.25) is 0 Å². The number of ether oxygens (including phenoxy) is 2. The van der Waals surface area contributed by atoms with Gasteiger partial charge in [0, 0.05) is 33.7 Å². The smallest absolute Gasteiger partial charge is 0.332 e. The van der Waals surface area contributed by atoms with Crippen molar-refractivity contribution in [3.05, 3.63) is 0 Å². The fraction of sp³-hybridized carbons (Fsp3) is 0.750. The molecular formula is C12H21N3O6. The lowest BCUT2D eigenvalue weighted by molar-refractivity contribution is -0.144. The molecule has 21 heavy (non-hydrogen) atoms.